The van der Waals surface area contributed by atoms with Crippen LogP contribution in [-0.2, 0) is 4.79 Å². The van der Waals surface area contributed by atoms with Gasteiger partial charge in [-0.05, 0) is 32.0 Å². The standard InChI is InChI=1S/C18H12O.C6H13NO/c1-2-7-13(8-3-1)14-10-6-11-16-15-9-4-5-12-17(15)19-18(14)16;1-4-6(7-3)5(2)8/h1-12H;6-7H,4H2,1-3H3/t;6-/m.0/s1. The molecule has 3 heteroatoms. The van der Waals surface area contributed by atoms with Crippen molar-refractivity contribution in [1.29, 1.82) is 0 Å². The van der Waals surface area contributed by atoms with E-state index in [1.54, 1.807) is 14.0 Å². The zero-order valence-electron chi connectivity index (χ0n) is 16.0. The highest BCUT2D eigenvalue weighted by Gasteiger charge is 2.10. The molecular weight excluding hydrogens is 334 g/mol. The fraction of sp³-hybridized carbons (Fsp3) is 0.208. The smallest absolute Gasteiger partial charge is 0.146 e. The number of likely N-dealkylation sites (N-methyl/N-ethyl adjacent to an activating group) is 1. The molecule has 1 N–H and O–H groups in total. The maximum atomic E-state index is 10.5. The average Bonchev–Trinajstić information content (AvgIpc) is 3.09. The molecule has 138 valence electrons. The largest absolute Gasteiger partial charge is 0.455 e. The number of hydrogen-bond donors (Lipinski definition) is 1. The van der Waals surface area contributed by atoms with Crippen molar-refractivity contribution in [3.8, 4) is 11.1 Å². The second-order valence-electron chi connectivity index (χ2n) is 6.51. The predicted octanol–water partition coefficient (Wildman–Crippen LogP) is 5.83. The minimum atomic E-state index is 0.0648. The summed E-state index contributed by atoms with van der Waals surface area (Å²) in [6.07, 6.45) is 0.881. The van der Waals surface area contributed by atoms with Gasteiger partial charge < -0.3 is 9.73 Å². The summed E-state index contributed by atoms with van der Waals surface area (Å²) in [4.78, 5) is 10.5. The van der Waals surface area contributed by atoms with Crippen molar-refractivity contribution in [3.05, 3.63) is 72.8 Å². The van der Waals surface area contributed by atoms with Crippen LogP contribution in [0.4, 0.5) is 0 Å². The van der Waals surface area contributed by atoms with Crippen LogP contribution >= 0.6 is 0 Å². The number of hydrogen-bond acceptors (Lipinski definition) is 3. The van der Waals surface area contributed by atoms with E-state index in [4.69, 9.17) is 4.42 Å². The van der Waals surface area contributed by atoms with Crippen molar-refractivity contribution in [1.82, 2.24) is 5.32 Å². The molecule has 27 heavy (non-hydrogen) atoms. The molecule has 1 aromatic heterocycles. The first-order valence-electron chi connectivity index (χ1n) is 9.29. The van der Waals surface area contributed by atoms with Crippen LogP contribution in [0.15, 0.2) is 77.2 Å². The van der Waals surface area contributed by atoms with E-state index in [1.807, 2.05) is 31.2 Å². The lowest BCUT2D eigenvalue weighted by Crippen LogP contribution is -2.31. The van der Waals surface area contributed by atoms with Gasteiger partial charge in [-0.2, -0.15) is 0 Å². The Kier molecular flexibility index (Phi) is 6.05. The third-order valence-electron chi connectivity index (χ3n) is 4.74. The molecule has 0 saturated carbocycles. The highest BCUT2D eigenvalue weighted by molar-refractivity contribution is 6.09. The van der Waals surface area contributed by atoms with Crippen LogP contribution in [0.25, 0.3) is 33.1 Å². The van der Waals surface area contributed by atoms with Crippen molar-refractivity contribution < 1.29 is 9.21 Å². The Morgan fingerprint density at radius 3 is 2.22 bits per heavy atom. The number of carbonyl (C=O) groups excluding carboxylic acids is 1. The van der Waals surface area contributed by atoms with Crippen LogP contribution in [0.5, 0.6) is 0 Å². The van der Waals surface area contributed by atoms with E-state index in [2.05, 4.69) is 53.8 Å². The first-order valence-corrected chi connectivity index (χ1v) is 9.29. The number of carbonyl (C=O) groups is 1. The van der Waals surface area contributed by atoms with Crippen molar-refractivity contribution in [2.75, 3.05) is 7.05 Å². The Labute approximate surface area is 160 Å². The molecule has 3 aromatic carbocycles. The summed E-state index contributed by atoms with van der Waals surface area (Å²) < 4.78 is 6.04. The van der Waals surface area contributed by atoms with Crippen LogP contribution in [0.1, 0.15) is 20.3 Å². The van der Waals surface area contributed by atoms with Gasteiger partial charge in [-0.3, -0.25) is 4.79 Å². The molecular formula is C24H25NO2. The van der Waals surface area contributed by atoms with E-state index in [0.29, 0.717) is 0 Å². The summed E-state index contributed by atoms with van der Waals surface area (Å²) in [5.41, 5.74) is 4.25. The van der Waals surface area contributed by atoms with Crippen LogP contribution in [0.3, 0.4) is 0 Å². The molecule has 4 aromatic rings. The number of fused-ring (bicyclic) bond motifs is 3. The molecule has 0 amide bonds. The number of benzene rings is 3. The molecule has 0 unspecified atom stereocenters. The number of furan rings is 1. The maximum absolute atomic E-state index is 10.5. The van der Waals surface area contributed by atoms with E-state index in [0.717, 1.165) is 23.2 Å². The molecule has 0 fully saturated rings. The van der Waals surface area contributed by atoms with E-state index < -0.39 is 0 Å². The van der Waals surface area contributed by atoms with E-state index in [-0.39, 0.29) is 11.8 Å². The minimum absolute atomic E-state index is 0.0648. The van der Waals surface area contributed by atoms with E-state index >= 15 is 0 Å². The zero-order chi connectivity index (χ0) is 19.2. The maximum Gasteiger partial charge on any atom is 0.146 e. The molecule has 0 bridgehead atoms. The fourth-order valence-corrected chi connectivity index (χ4v) is 3.29. The fourth-order valence-electron chi connectivity index (χ4n) is 3.29. The van der Waals surface area contributed by atoms with Gasteiger partial charge in [0.25, 0.3) is 0 Å². The molecule has 0 radical (unpaired) electrons. The molecule has 1 heterocycles. The van der Waals surface area contributed by atoms with Crippen molar-refractivity contribution in [2.45, 2.75) is 26.3 Å². The number of Topliss-reactive ketones (excluding diaryl/α,β-unsaturated/α-hetero) is 1. The topological polar surface area (TPSA) is 42.2 Å². The summed E-state index contributed by atoms with van der Waals surface area (Å²) in [6.45, 7) is 3.59. The van der Waals surface area contributed by atoms with Gasteiger partial charge in [0.15, 0.2) is 0 Å². The molecule has 0 aliphatic heterocycles. The average molecular weight is 359 g/mol. The molecule has 3 nitrogen and oxygen atoms in total. The van der Waals surface area contributed by atoms with Crippen LogP contribution in [0, 0.1) is 0 Å². The number of rotatable bonds is 4. The van der Waals surface area contributed by atoms with E-state index in [9.17, 15) is 4.79 Å². The lowest BCUT2D eigenvalue weighted by molar-refractivity contribution is -0.118. The minimum Gasteiger partial charge on any atom is -0.455 e. The van der Waals surface area contributed by atoms with E-state index in [1.165, 1.54) is 16.3 Å². The Hall–Kier alpha value is -2.91. The number of para-hydroxylation sites is 2. The number of nitrogens with one attached hydrogen (secondary N) is 1. The first kappa shape index (κ1) is 18.9. The molecule has 0 aliphatic rings. The van der Waals surface area contributed by atoms with Gasteiger partial charge in [-0.1, -0.05) is 73.7 Å². The van der Waals surface area contributed by atoms with Crippen LogP contribution in [0.2, 0.25) is 0 Å². The van der Waals surface area contributed by atoms with Gasteiger partial charge in [0.2, 0.25) is 0 Å². The van der Waals surface area contributed by atoms with Crippen LogP contribution in [-0.4, -0.2) is 18.9 Å². The molecule has 0 aliphatic carbocycles. The summed E-state index contributed by atoms with van der Waals surface area (Å²) in [5.74, 6) is 0.218. The van der Waals surface area contributed by atoms with Crippen LogP contribution < -0.4 is 5.32 Å². The van der Waals surface area contributed by atoms with Gasteiger partial charge >= 0.3 is 0 Å². The third kappa shape index (κ3) is 4.09. The zero-order valence-corrected chi connectivity index (χ0v) is 16.0. The Balaban J connectivity index is 0.000000226. The van der Waals surface area contributed by atoms with Gasteiger partial charge in [0.05, 0.1) is 6.04 Å². The summed E-state index contributed by atoms with van der Waals surface area (Å²) in [6, 6.07) is 24.9. The predicted molar refractivity (Wildman–Crippen MR) is 113 cm³/mol. The molecule has 4 rings (SSSR count). The Bertz CT molecular complexity index is 1030. The van der Waals surface area contributed by atoms with Crippen molar-refractivity contribution in [2.24, 2.45) is 0 Å². The Morgan fingerprint density at radius 1 is 0.926 bits per heavy atom. The van der Waals surface area contributed by atoms with Gasteiger partial charge in [0, 0.05) is 16.3 Å². The quantitative estimate of drug-likeness (QED) is 0.499. The highest BCUT2D eigenvalue weighted by Crippen LogP contribution is 2.35. The highest BCUT2D eigenvalue weighted by atomic mass is 16.3. The third-order valence-corrected chi connectivity index (χ3v) is 4.74. The second kappa shape index (κ2) is 8.65. The van der Waals surface area contributed by atoms with Crippen molar-refractivity contribution in [3.63, 3.8) is 0 Å². The monoisotopic (exact) mass is 359 g/mol. The number of ketones is 1. The lowest BCUT2D eigenvalue weighted by atomic mass is 10.0. The summed E-state index contributed by atoms with van der Waals surface area (Å²) in [5, 5.41) is 5.26. The molecule has 0 saturated heterocycles. The Morgan fingerprint density at radius 2 is 1.59 bits per heavy atom. The summed E-state index contributed by atoms with van der Waals surface area (Å²) in [7, 11) is 1.80. The SMILES string of the molecule is CC[C@H](NC)C(C)=O.c1ccc(-c2cccc3c2oc2ccccc23)cc1. The lowest BCUT2D eigenvalue weighted by Gasteiger charge is -2.07. The molecule has 0 spiro atoms. The van der Waals surface area contributed by atoms with Gasteiger partial charge in [0.1, 0.15) is 16.9 Å². The molecule has 1 atom stereocenters. The van der Waals surface area contributed by atoms with Gasteiger partial charge in [-0.25, -0.2) is 0 Å². The second-order valence-corrected chi connectivity index (χ2v) is 6.51. The van der Waals surface area contributed by atoms with Gasteiger partial charge in [-0.15, -0.1) is 0 Å². The van der Waals surface area contributed by atoms with Crippen molar-refractivity contribution >= 4 is 27.7 Å². The summed E-state index contributed by atoms with van der Waals surface area (Å²) >= 11 is 0. The normalized spacial score (nSPS) is 11.8. The first-order chi connectivity index (χ1) is 13.2.